The van der Waals surface area contributed by atoms with E-state index in [2.05, 4.69) is 43.4 Å². The zero-order chi connectivity index (χ0) is 13.8. The second-order valence-electron chi connectivity index (χ2n) is 4.85. The Bertz CT molecular complexity index is 636. The van der Waals surface area contributed by atoms with Crippen LogP contribution in [0.4, 0.5) is 5.69 Å². The molecule has 0 saturated carbocycles. The first-order valence-corrected chi connectivity index (χ1v) is 6.41. The summed E-state index contributed by atoms with van der Waals surface area (Å²) in [5.41, 5.74) is 6.84. The van der Waals surface area contributed by atoms with E-state index in [0.717, 1.165) is 12.1 Å². The van der Waals surface area contributed by atoms with Crippen LogP contribution in [-0.2, 0) is 6.54 Å². The lowest BCUT2D eigenvalue weighted by molar-refractivity contribution is 1.11. The van der Waals surface area contributed by atoms with Gasteiger partial charge >= 0.3 is 0 Å². The smallest absolute Gasteiger partial charge is 0.0991 e. The molecule has 19 heavy (non-hydrogen) atoms. The predicted molar refractivity (Wildman–Crippen MR) is 79.1 cm³/mol. The topological polar surface area (TPSA) is 35.8 Å². The molecule has 2 aromatic rings. The Balaban J connectivity index is 2.15. The molecule has 0 aliphatic rings. The molecule has 1 N–H and O–H groups in total. The molecule has 0 heterocycles. The monoisotopic (exact) mass is 250 g/mol. The van der Waals surface area contributed by atoms with Crippen LogP contribution < -0.4 is 5.32 Å². The third-order valence-electron chi connectivity index (χ3n) is 3.55. The zero-order valence-corrected chi connectivity index (χ0v) is 11.6. The number of hydrogen-bond acceptors (Lipinski definition) is 2. The van der Waals surface area contributed by atoms with Gasteiger partial charge in [0.15, 0.2) is 0 Å². The number of nitriles is 1. The fourth-order valence-electron chi connectivity index (χ4n) is 2.10. The Morgan fingerprint density at radius 2 is 1.84 bits per heavy atom. The summed E-state index contributed by atoms with van der Waals surface area (Å²) in [7, 11) is 0. The molecule has 0 bridgehead atoms. The molecular formula is C17H18N2. The quantitative estimate of drug-likeness (QED) is 0.890. The van der Waals surface area contributed by atoms with Crippen molar-refractivity contribution >= 4 is 5.69 Å². The van der Waals surface area contributed by atoms with Gasteiger partial charge in [0.2, 0.25) is 0 Å². The van der Waals surface area contributed by atoms with E-state index in [1.165, 1.54) is 22.4 Å². The fourth-order valence-corrected chi connectivity index (χ4v) is 2.10. The molecule has 0 spiro atoms. The molecular weight excluding hydrogens is 232 g/mol. The minimum atomic E-state index is 0.716. The van der Waals surface area contributed by atoms with Crippen LogP contribution in [0.2, 0.25) is 0 Å². The maximum Gasteiger partial charge on any atom is 0.0991 e. The van der Waals surface area contributed by atoms with Crippen LogP contribution in [-0.4, -0.2) is 0 Å². The number of anilines is 1. The Morgan fingerprint density at radius 1 is 1.05 bits per heavy atom. The van der Waals surface area contributed by atoms with Crippen molar-refractivity contribution in [1.82, 2.24) is 0 Å². The Labute approximate surface area is 114 Å². The van der Waals surface area contributed by atoms with E-state index in [9.17, 15) is 0 Å². The van der Waals surface area contributed by atoms with Gasteiger partial charge in [0.25, 0.3) is 0 Å². The van der Waals surface area contributed by atoms with Gasteiger partial charge in [-0.3, -0.25) is 0 Å². The highest BCUT2D eigenvalue weighted by Crippen LogP contribution is 2.19. The molecule has 0 aliphatic carbocycles. The van der Waals surface area contributed by atoms with E-state index >= 15 is 0 Å². The molecule has 0 amide bonds. The average Bonchev–Trinajstić information content (AvgIpc) is 2.41. The van der Waals surface area contributed by atoms with Gasteiger partial charge in [-0.1, -0.05) is 18.2 Å². The maximum atomic E-state index is 8.86. The van der Waals surface area contributed by atoms with Crippen molar-refractivity contribution in [3.8, 4) is 6.07 Å². The van der Waals surface area contributed by atoms with Gasteiger partial charge in [-0.2, -0.15) is 5.26 Å². The molecule has 0 saturated heterocycles. The normalized spacial score (nSPS) is 10.0. The molecule has 0 unspecified atom stereocenters. The summed E-state index contributed by atoms with van der Waals surface area (Å²) in [5, 5.41) is 12.3. The van der Waals surface area contributed by atoms with E-state index in [-0.39, 0.29) is 0 Å². The SMILES string of the molecule is Cc1cc(C#N)ccc1CNc1cccc(C)c1C. The molecule has 0 aliphatic heterocycles. The highest BCUT2D eigenvalue weighted by Gasteiger charge is 2.03. The third-order valence-corrected chi connectivity index (χ3v) is 3.55. The lowest BCUT2D eigenvalue weighted by Crippen LogP contribution is -2.03. The third kappa shape index (κ3) is 2.95. The van der Waals surface area contributed by atoms with Gasteiger partial charge in [-0.15, -0.1) is 0 Å². The average molecular weight is 250 g/mol. The Morgan fingerprint density at radius 3 is 2.53 bits per heavy atom. The predicted octanol–water partition coefficient (Wildman–Crippen LogP) is 4.10. The highest BCUT2D eigenvalue weighted by molar-refractivity contribution is 5.54. The summed E-state index contributed by atoms with van der Waals surface area (Å²) in [6.45, 7) is 7.07. The molecule has 0 aromatic heterocycles. The molecule has 96 valence electrons. The minimum Gasteiger partial charge on any atom is -0.381 e. The second kappa shape index (κ2) is 5.58. The summed E-state index contributed by atoms with van der Waals surface area (Å²) in [6.07, 6.45) is 0. The first-order valence-electron chi connectivity index (χ1n) is 6.41. The van der Waals surface area contributed by atoms with Crippen LogP contribution in [0.25, 0.3) is 0 Å². The summed E-state index contributed by atoms with van der Waals surface area (Å²) in [4.78, 5) is 0. The lowest BCUT2D eigenvalue weighted by atomic mass is 10.0. The Hall–Kier alpha value is -2.27. The maximum absolute atomic E-state index is 8.86. The molecule has 2 rings (SSSR count). The zero-order valence-electron chi connectivity index (χ0n) is 11.6. The van der Waals surface area contributed by atoms with Crippen LogP contribution in [0.1, 0.15) is 27.8 Å². The largest absolute Gasteiger partial charge is 0.381 e. The van der Waals surface area contributed by atoms with Gasteiger partial charge in [0, 0.05) is 12.2 Å². The minimum absolute atomic E-state index is 0.716. The molecule has 0 radical (unpaired) electrons. The Kier molecular flexibility index (Phi) is 3.87. The highest BCUT2D eigenvalue weighted by atomic mass is 14.9. The molecule has 0 fully saturated rings. The van der Waals surface area contributed by atoms with E-state index in [4.69, 9.17) is 5.26 Å². The van der Waals surface area contributed by atoms with E-state index in [1.807, 2.05) is 25.1 Å². The lowest BCUT2D eigenvalue weighted by Gasteiger charge is -2.13. The molecule has 2 nitrogen and oxygen atoms in total. The second-order valence-corrected chi connectivity index (χ2v) is 4.85. The first-order chi connectivity index (χ1) is 9.11. The van der Waals surface area contributed by atoms with Crippen molar-refractivity contribution in [2.45, 2.75) is 27.3 Å². The van der Waals surface area contributed by atoms with E-state index < -0.39 is 0 Å². The van der Waals surface area contributed by atoms with Crippen LogP contribution in [0.15, 0.2) is 36.4 Å². The van der Waals surface area contributed by atoms with Crippen molar-refractivity contribution in [1.29, 1.82) is 5.26 Å². The molecule has 2 heteroatoms. The van der Waals surface area contributed by atoms with E-state index in [0.29, 0.717) is 5.56 Å². The van der Waals surface area contributed by atoms with Crippen molar-refractivity contribution in [2.24, 2.45) is 0 Å². The van der Waals surface area contributed by atoms with Crippen molar-refractivity contribution in [3.63, 3.8) is 0 Å². The van der Waals surface area contributed by atoms with Crippen LogP contribution in [0.3, 0.4) is 0 Å². The van der Waals surface area contributed by atoms with Crippen LogP contribution in [0.5, 0.6) is 0 Å². The van der Waals surface area contributed by atoms with Gasteiger partial charge < -0.3 is 5.32 Å². The van der Waals surface area contributed by atoms with Gasteiger partial charge in [-0.05, 0) is 61.2 Å². The standard InChI is InChI=1S/C17H18N2/c1-12-5-4-6-17(14(12)3)19-11-16-8-7-15(10-18)9-13(16)2/h4-9,19H,11H2,1-3H3. The molecule has 2 aromatic carbocycles. The van der Waals surface area contributed by atoms with Gasteiger partial charge in [0.05, 0.1) is 11.6 Å². The van der Waals surface area contributed by atoms with Crippen molar-refractivity contribution in [2.75, 3.05) is 5.32 Å². The van der Waals surface area contributed by atoms with Crippen LogP contribution >= 0.6 is 0 Å². The van der Waals surface area contributed by atoms with Gasteiger partial charge in [0.1, 0.15) is 0 Å². The number of aryl methyl sites for hydroxylation is 2. The number of benzene rings is 2. The summed E-state index contributed by atoms with van der Waals surface area (Å²) in [6, 6.07) is 14.3. The van der Waals surface area contributed by atoms with Gasteiger partial charge in [-0.25, -0.2) is 0 Å². The first kappa shape index (κ1) is 13.2. The van der Waals surface area contributed by atoms with Crippen molar-refractivity contribution in [3.05, 3.63) is 64.2 Å². The summed E-state index contributed by atoms with van der Waals surface area (Å²) < 4.78 is 0. The number of nitrogens with zero attached hydrogens (tertiary/aromatic N) is 1. The summed E-state index contributed by atoms with van der Waals surface area (Å²) in [5.74, 6) is 0. The number of hydrogen-bond donors (Lipinski definition) is 1. The number of nitrogens with one attached hydrogen (secondary N) is 1. The molecule has 0 atom stereocenters. The van der Waals surface area contributed by atoms with E-state index in [1.54, 1.807) is 0 Å². The van der Waals surface area contributed by atoms with Crippen LogP contribution in [0, 0.1) is 32.1 Å². The fraction of sp³-hybridized carbons (Fsp3) is 0.235. The summed E-state index contributed by atoms with van der Waals surface area (Å²) >= 11 is 0. The van der Waals surface area contributed by atoms with Crippen molar-refractivity contribution < 1.29 is 0 Å². The number of rotatable bonds is 3.